The van der Waals surface area contributed by atoms with E-state index in [9.17, 15) is 14.5 Å². The molecular weight excluding hydrogens is 358 g/mol. The maximum absolute atomic E-state index is 13.1. The smallest absolute Gasteiger partial charge is 0.334 e. The van der Waals surface area contributed by atoms with Gasteiger partial charge in [-0.25, -0.2) is 4.79 Å². The molecule has 0 N–H and O–H groups in total. The fraction of sp³-hybridized carbons (Fsp3) is 0.286. The lowest BCUT2D eigenvalue weighted by Crippen LogP contribution is -2.39. The Labute approximate surface area is 162 Å². The highest BCUT2D eigenvalue weighted by atomic mass is 16.5. The minimum absolute atomic E-state index is 0.0883. The van der Waals surface area contributed by atoms with Crippen molar-refractivity contribution in [3.8, 4) is 0 Å². The van der Waals surface area contributed by atoms with E-state index in [1.54, 1.807) is 19.1 Å². The molecule has 0 saturated heterocycles. The number of rotatable bonds is 6. The molecular formula is C21H21N3O4. The zero-order valence-corrected chi connectivity index (χ0v) is 16.0. The third-order valence-corrected chi connectivity index (χ3v) is 4.66. The first-order valence-electron chi connectivity index (χ1n) is 9.01. The number of ether oxygens (including phenoxy) is 1. The van der Waals surface area contributed by atoms with E-state index in [-0.39, 0.29) is 18.1 Å². The Bertz CT molecular complexity index is 920. The summed E-state index contributed by atoms with van der Waals surface area (Å²) in [5.74, 6) is -1.76. The van der Waals surface area contributed by atoms with Crippen LogP contribution >= 0.6 is 0 Å². The van der Waals surface area contributed by atoms with Crippen LogP contribution in [-0.4, -0.2) is 35.2 Å². The Morgan fingerprint density at radius 1 is 1.04 bits per heavy atom. The molecule has 0 bridgehead atoms. The predicted molar refractivity (Wildman–Crippen MR) is 105 cm³/mol. The zero-order chi connectivity index (χ0) is 20.3. The van der Waals surface area contributed by atoms with Gasteiger partial charge in [-0.15, -0.1) is 10.0 Å². The van der Waals surface area contributed by atoms with Gasteiger partial charge in [0, 0.05) is 5.56 Å². The van der Waals surface area contributed by atoms with Gasteiger partial charge in [0.1, 0.15) is 5.71 Å². The van der Waals surface area contributed by atoms with E-state index in [4.69, 9.17) is 4.74 Å². The highest BCUT2D eigenvalue weighted by Crippen LogP contribution is 2.34. The van der Waals surface area contributed by atoms with E-state index in [1.807, 2.05) is 50.2 Å². The van der Waals surface area contributed by atoms with Crippen molar-refractivity contribution in [1.29, 1.82) is 0 Å². The number of benzene rings is 2. The van der Waals surface area contributed by atoms with Gasteiger partial charge in [-0.2, -0.15) is 5.10 Å². The van der Waals surface area contributed by atoms with E-state index in [0.717, 1.165) is 16.2 Å². The van der Waals surface area contributed by atoms with Gasteiger partial charge in [0.05, 0.1) is 17.8 Å². The van der Waals surface area contributed by atoms with Crippen LogP contribution in [0, 0.1) is 18.8 Å². The van der Waals surface area contributed by atoms with Crippen molar-refractivity contribution in [3.05, 3.63) is 75.7 Å². The maximum Gasteiger partial charge on any atom is 0.334 e. The van der Waals surface area contributed by atoms with Crippen molar-refractivity contribution < 1.29 is 14.3 Å². The lowest BCUT2D eigenvalue weighted by atomic mass is 9.84. The third kappa shape index (κ3) is 3.69. The molecule has 0 aromatic heterocycles. The lowest BCUT2D eigenvalue weighted by Gasteiger charge is -2.21. The van der Waals surface area contributed by atoms with Crippen molar-refractivity contribution in [2.45, 2.75) is 32.7 Å². The number of carbonyl (C=O) groups excluding carboxylic acids is 2. The molecule has 1 heterocycles. The number of carbonyl (C=O) groups is 2. The second kappa shape index (κ2) is 8.12. The highest BCUT2D eigenvalue weighted by molar-refractivity contribution is 6.48. The van der Waals surface area contributed by atoms with Crippen molar-refractivity contribution in [2.24, 2.45) is 10.4 Å². The number of ketones is 1. The molecule has 28 heavy (non-hydrogen) atoms. The average Bonchev–Trinajstić information content (AvgIpc) is 3.08. The molecule has 2 aromatic rings. The molecule has 2 aromatic carbocycles. The Hall–Kier alpha value is -3.35. The van der Waals surface area contributed by atoms with Crippen LogP contribution in [0.15, 0.2) is 58.9 Å². The second-order valence-electron chi connectivity index (χ2n) is 6.67. The SMILES string of the molecule is CCOC(=O)C1C(c2ccc(C)cc2)C(C(=O)c2ccc(C)cc2)=NN1N=O. The first-order valence-corrected chi connectivity index (χ1v) is 9.01. The summed E-state index contributed by atoms with van der Waals surface area (Å²) in [5, 5.41) is 7.68. The van der Waals surface area contributed by atoms with E-state index in [2.05, 4.69) is 10.4 Å². The Morgan fingerprint density at radius 2 is 1.61 bits per heavy atom. The van der Waals surface area contributed by atoms with Crippen molar-refractivity contribution in [2.75, 3.05) is 6.61 Å². The van der Waals surface area contributed by atoms with Gasteiger partial charge in [0.15, 0.2) is 6.04 Å². The monoisotopic (exact) mass is 379 g/mol. The number of Topliss-reactive ketones (excluding diaryl/α,β-unsaturated/α-hetero) is 1. The fourth-order valence-corrected chi connectivity index (χ4v) is 3.20. The minimum Gasteiger partial charge on any atom is -0.464 e. The van der Waals surface area contributed by atoms with Crippen LogP contribution in [-0.2, 0) is 9.53 Å². The second-order valence-corrected chi connectivity index (χ2v) is 6.67. The predicted octanol–water partition coefficient (Wildman–Crippen LogP) is 3.55. The molecule has 1 aliphatic heterocycles. The molecule has 1 aliphatic rings. The van der Waals surface area contributed by atoms with Crippen molar-refractivity contribution in [1.82, 2.24) is 5.12 Å². The first-order chi connectivity index (χ1) is 13.5. The van der Waals surface area contributed by atoms with E-state index >= 15 is 0 Å². The first kappa shape index (κ1) is 19.4. The number of nitroso groups, excluding NO2 is 1. The van der Waals surface area contributed by atoms with Crippen LogP contribution in [0.3, 0.4) is 0 Å². The summed E-state index contributed by atoms with van der Waals surface area (Å²) in [6.07, 6.45) is 0. The summed E-state index contributed by atoms with van der Waals surface area (Å²) in [5.41, 5.74) is 3.25. The van der Waals surface area contributed by atoms with Crippen LogP contribution in [0.25, 0.3) is 0 Å². The summed E-state index contributed by atoms with van der Waals surface area (Å²) >= 11 is 0. The van der Waals surface area contributed by atoms with Crippen molar-refractivity contribution >= 4 is 17.5 Å². The lowest BCUT2D eigenvalue weighted by molar-refractivity contribution is -0.149. The summed E-state index contributed by atoms with van der Waals surface area (Å²) in [6, 6.07) is 13.3. The summed E-state index contributed by atoms with van der Waals surface area (Å²) in [4.78, 5) is 37.1. The quantitative estimate of drug-likeness (QED) is 0.435. The number of aryl methyl sites for hydroxylation is 2. The topological polar surface area (TPSA) is 88.4 Å². The zero-order valence-electron chi connectivity index (χ0n) is 16.0. The Morgan fingerprint density at radius 3 is 2.14 bits per heavy atom. The Kier molecular flexibility index (Phi) is 5.63. The van der Waals surface area contributed by atoms with Crippen LogP contribution in [0.2, 0.25) is 0 Å². The highest BCUT2D eigenvalue weighted by Gasteiger charge is 2.47. The van der Waals surface area contributed by atoms with E-state index in [1.165, 1.54) is 0 Å². The molecule has 144 valence electrons. The summed E-state index contributed by atoms with van der Waals surface area (Å²) in [7, 11) is 0. The molecule has 0 saturated carbocycles. The molecule has 0 aliphatic carbocycles. The number of esters is 1. The van der Waals surface area contributed by atoms with Crippen LogP contribution in [0.1, 0.15) is 39.9 Å². The van der Waals surface area contributed by atoms with Gasteiger partial charge < -0.3 is 4.74 Å². The van der Waals surface area contributed by atoms with Gasteiger partial charge in [-0.05, 0) is 26.3 Å². The normalized spacial score (nSPS) is 18.5. The molecule has 2 unspecified atom stereocenters. The number of nitrogens with zero attached hydrogens (tertiary/aromatic N) is 3. The largest absolute Gasteiger partial charge is 0.464 e. The number of hydrogen-bond donors (Lipinski definition) is 0. The van der Waals surface area contributed by atoms with Gasteiger partial charge in [0.25, 0.3) is 0 Å². The molecule has 3 rings (SSSR count). The molecule has 0 spiro atoms. The number of hydrazone groups is 1. The maximum atomic E-state index is 13.1. The van der Waals surface area contributed by atoms with E-state index in [0.29, 0.717) is 11.1 Å². The third-order valence-electron chi connectivity index (χ3n) is 4.66. The van der Waals surface area contributed by atoms with Gasteiger partial charge in [-0.3, -0.25) is 4.79 Å². The van der Waals surface area contributed by atoms with Crippen LogP contribution < -0.4 is 0 Å². The summed E-state index contributed by atoms with van der Waals surface area (Å²) < 4.78 is 5.12. The van der Waals surface area contributed by atoms with Gasteiger partial charge >= 0.3 is 5.97 Å². The molecule has 7 heteroatoms. The molecule has 0 radical (unpaired) electrons. The molecule has 2 atom stereocenters. The molecule has 0 fully saturated rings. The molecule has 0 amide bonds. The average molecular weight is 379 g/mol. The fourth-order valence-electron chi connectivity index (χ4n) is 3.20. The standard InChI is InChI=1S/C21H21N3O4/c1-4-28-21(26)19-17(15-9-5-13(2)6-10-15)18(22-24(19)23-27)20(25)16-11-7-14(3)8-12-16/h5-12,17,19H,4H2,1-3H3. The van der Waals surface area contributed by atoms with E-state index < -0.39 is 17.9 Å². The molecule has 7 nitrogen and oxygen atoms in total. The van der Waals surface area contributed by atoms with Crippen LogP contribution in [0.5, 0.6) is 0 Å². The van der Waals surface area contributed by atoms with Crippen molar-refractivity contribution in [3.63, 3.8) is 0 Å². The minimum atomic E-state index is -1.12. The Balaban J connectivity index is 2.07. The number of hydrogen-bond acceptors (Lipinski definition) is 6. The van der Waals surface area contributed by atoms with Gasteiger partial charge in [-0.1, -0.05) is 59.7 Å². The van der Waals surface area contributed by atoms with Gasteiger partial charge in [0.2, 0.25) is 5.78 Å². The summed E-state index contributed by atoms with van der Waals surface area (Å²) in [6.45, 7) is 5.67. The van der Waals surface area contributed by atoms with Crippen LogP contribution in [0.4, 0.5) is 0 Å².